The average molecular weight is 408 g/mol. The second-order valence-corrected chi connectivity index (χ2v) is 6.65. The van der Waals surface area contributed by atoms with Crippen LogP contribution in [0.1, 0.15) is 19.8 Å². The molecule has 0 N–H and O–H groups in total. The molecule has 0 spiro atoms. The molecule has 1 atom stereocenters. The minimum atomic E-state index is -2.30. The van der Waals surface area contributed by atoms with E-state index in [1.807, 2.05) is 0 Å². The number of halogens is 5. The van der Waals surface area contributed by atoms with E-state index in [0.29, 0.717) is 19.4 Å². The van der Waals surface area contributed by atoms with E-state index in [1.54, 1.807) is 11.8 Å². The lowest BCUT2D eigenvalue weighted by atomic mass is 10.0. The first kappa shape index (κ1) is 20.2. The summed E-state index contributed by atoms with van der Waals surface area (Å²) in [5.74, 6) is -13.0. The zero-order chi connectivity index (χ0) is 20.6. The molecule has 2 aliphatic heterocycles. The summed E-state index contributed by atoms with van der Waals surface area (Å²) in [5.41, 5.74) is 0. The number of cyclic esters (lactones) is 1. The second-order valence-electron chi connectivity index (χ2n) is 6.65. The number of ether oxygens (including phenoxy) is 2. The molecule has 1 unspecified atom stereocenters. The Kier molecular flexibility index (Phi) is 5.61. The van der Waals surface area contributed by atoms with Crippen LogP contribution < -0.4 is 4.74 Å². The Morgan fingerprint density at radius 3 is 2.07 bits per heavy atom. The number of carbonyl (C=O) groups excluding carboxylic acids is 2. The number of nitrogens with zero attached hydrogens (tertiary/aromatic N) is 2. The molecule has 0 bridgehead atoms. The Hall–Kier alpha value is -2.59. The maximum absolute atomic E-state index is 13.6. The number of hydrogen-bond donors (Lipinski definition) is 0. The van der Waals surface area contributed by atoms with Crippen LogP contribution in [0.4, 0.5) is 26.7 Å². The zero-order valence-corrected chi connectivity index (χ0v) is 14.8. The van der Waals surface area contributed by atoms with Crippen molar-refractivity contribution >= 4 is 12.0 Å². The smallest absolute Gasteiger partial charge is 0.410 e. The van der Waals surface area contributed by atoms with Crippen LogP contribution in [0, 0.1) is 29.1 Å². The maximum Gasteiger partial charge on any atom is 0.410 e. The van der Waals surface area contributed by atoms with Gasteiger partial charge in [0.2, 0.25) is 29.1 Å². The third kappa shape index (κ3) is 3.69. The number of carbonyl (C=O) groups is 2. The summed E-state index contributed by atoms with van der Waals surface area (Å²) in [6.45, 7) is 1.85. The SMILES string of the molecule is CC1CN(C2CCN(C(=O)COc3c(F)c(F)c(F)c(F)c3F)CC2)C(=O)O1. The molecule has 3 rings (SSSR count). The normalized spacial score (nSPS) is 20.5. The van der Waals surface area contributed by atoms with Crippen LogP contribution in [0.5, 0.6) is 5.75 Å². The van der Waals surface area contributed by atoms with Gasteiger partial charge in [0, 0.05) is 19.1 Å². The lowest BCUT2D eigenvalue weighted by molar-refractivity contribution is -0.134. The fraction of sp³-hybridized carbons (Fsp3) is 0.529. The first-order valence-corrected chi connectivity index (χ1v) is 8.60. The minimum Gasteiger partial charge on any atom is -0.477 e. The number of piperidine rings is 1. The van der Waals surface area contributed by atoms with Gasteiger partial charge in [0.1, 0.15) is 6.10 Å². The number of amides is 2. The maximum atomic E-state index is 13.6. The third-order valence-electron chi connectivity index (χ3n) is 4.76. The highest BCUT2D eigenvalue weighted by atomic mass is 19.2. The Bertz CT molecular complexity index is 769. The predicted octanol–water partition coefficient (Wildman–Crippen LogP) is 2.59. The molecule has 0 aliphatic carbocycles. The highest BCUT2D eigenvalue weighted by molar-refractivity contribution is 5.78. The first-order chi connectivity index (χ1) is 13.2. The summed E-state index contributed by atoms with van der Waals surface area (Å²) < 4.78 is 76.1. The molecule has 6 nitrogen and oxygen atoms in total. The van der Waals surface area contributed by atoms with Crippen molar-refractivity contribution in [1.29, 1.82) is 0 Å². The zero-order valence-electron chi connectivity index (χ0n) is 14.8. The van der Waals surface area contributed by atoms with Crippen molar-refractivity contribution < 1.29 is 41.0 Å². The van der Waals surface area contributed by atoms with Gasteiger partial charge in [-0.25, -0.2) is 18.0 Å². The highest BCUT2D eigenvalue weighted by Gasteiger charge is 2.36. The average Bonchev–Trinajstić information content (AvgIpc) is 3.02. The summed E-state index contributed by atoms with van der Waals surface area (Å²) in [4.78, 5) is 26.8. The van der Waals surface area contributed by atoms with Crippen molar-refractivity contribution in [2.24, 2.45) is 0 Å². The molecule has 2 fully saturated rings. The van der Waals surface area contributed by atoms with Crippen LogP contribution in [0.2, 0.25) is 0 Å². The standard InChI is InChI=1S/C17H17F5N2O4/c1-8-6-24(17(26)28-8)9-2-4-23(5-3-9)10(25)7-27-16-14(21)12(19)11(18)13(20)15(16)22/h8-9H,2-7H2,1H3. The quantitative estimate of drug-likeness (QED) is 0.437. The summed E-state index contributed by atoms with van der Waals surface area (Å²) >= 11 is 0. The van der Waals surface area contributed by atoms with Gasteiger partial charge in [0.15, 0.2) is 12.4 Å². The minimum absolute atomic E-state index is 0.0994. The van der Waals surface area contributed by atoms with Crippen LogP contribution in [0.3, 0.4) is 0 Å². The third-order valence-corrected chi connectivity index (χ3v) is 4.76. The van der Waals surface area contributed by atoms with E-state index in [0.717, 1.165) is 0 Å². The molecule has 1 aromatic carbocycles. The molecule has 2 aliphatic rings. The molecule has 0 radical (unpaired) electrons. The van der Waals surface area contributed by atoms with Crippen molar-refractivity contribution in [2.45, 2.75) is 31.9 Å². The van der Waals surface area contributed by atoms with Gasteiger partial charge >= 0.3 is 6.09 Å². The molecule has 28 heavy (non-hydrogen) atoms. The number of benzene rings is 1. The van der Waals surface area contributed by atoms with Crippen LogP contribution in [0.25, 0.3) is 0 Å². The van der Waals surface area contributed by atoms with E-state index in [9.17, 15) is 31.5 Å². The Labute approximate surface area is 156 Å². The monoisotopic (exact) mass is 408 g/mol. The van der Waals surface area contributed by atoms with Crippen molar-refractivity contribution in [1.82, 2.24) is 9.80 Å². The van der Waals surface area contributed by atoms with Crippen molar-refractivity contribution in [2.75, 3.05) is 26.2 Å². The Balaban J connectivity index is 1.57. The summed E-state index contributed by atoms with van der Waals surface area (Å²) in [6, 6.07) is -0.0994. The largest absolute Gasteiger partial charge is 0.477 e. The molecule has 2 amide bonds. The van der Waals surface area contributed by atoms with Crippen LogP contribution in [0.15, 0.2) is 0 Å². The van der Waals surface area contributed by atoms with E-state index < -0.39 is 53.4 Å². The van der Waals surface area contributed by atoms with Gasteiger partial charge in [0.25, 0.3) is 5.91 Å². The first-order valence-electron chi connectivity index (χ1n) is 8.60. The molecule has 154 valence electrons. The van der Waals surface area contributed by atoms with Gasteiger partial charge in [-0.15, -0.1) is 0 Å². The van der Waals surface area contributed by atoms with Gasteiger partial charge in [-0.2, -0.15) is 8.78 Å². The highest BCUT2D eigenvalue weighted by Crippen LogP contribution is 2.29. The second kappa shape index (κ2) is 7.80. The topological polar surface area (TPSA) is 59.1 Å². The van der Waals surface area contributed by atoms with Gasteiger partial charge in [-0.3, -0.25) is 4.79 Å². The molecule has 2 heterocycles. The van der Waals surface area contributed by atoms with Crippen molar-refractivity contribution in [3.05, 3.63) is 29.1 Å². The van der Waals surface area contributed by atoms with Gasteiger partial charge < -0.3 is 19.3 Å². The fourth-order valence-corrected chi connectivity index (χ4v) is 3.29. The summed E-state index contributed by atoms with van der Waals surface area (Å²) in [6.07, 6.45) is 0.320. The number of rotatable bonds is 4. The Morgan fingerprint density at radius 1 is 1.04 bits per heavy atom. The van der Waals surface area contributed by atoms with Crippen LogP contribution in [-0.2, 0) is 9.53 Å². The molecule has 0 saturated carbocycles. The predicted molar refractivity (Wildman–Crippen MR) is 84.0 cm³/mol. The van der Waals surface area contributed by atoms with E-state index in [4.69, 9.17) is 4.74 Å². The van der Waals surface area contributed by atoms with E-state index in [-0.39, 0.29) is 25.2 Å². The number of likely N-dealkylation sites (tertiary alicyclic amines) is 1. The van der Waals surface area contributed by atoms with Gasteiger partial charge in [-0.1, -0.05) is 0 Å². The molecular formula is C17H17F5N2O4. The lowest BCUT2D eigenvalue weighted by Gasteiger charge is -2.35. The van der Waals surface area contributed by atoms with Crippen LogP contribution in [-0.4, -0.2) is 60.2 Å². The van der Waals surface area contributed by atoms with E-state index >= 15 is 0 Å². The van der Waals surface area contributed by atoms with E-state index in [2.05, 4.69) is 4.74 Å². The molecule has 2 saturated heterocycles. The lowest BCUT2D eigenvalue weighted by Crippen LogP contribution is -2.48. The van der Waals surface area contributed by atoms with E-state index in [1.165, 1.54) is 4.90 Å². The summed E-state index contributed by atoms with van der Waals surface area (Å²) in [5, 5.41) is 0. The van der Waals surface area contributed by atoms with Crippen LogP contribution >= 0.6 is 0 Å². The van der Waals surface area contributed by atoms with Gasteiger partial charge in [-0.05, 0) is 19.8 Å². The molecule has 11 heteroatoms. The molecule has 1 aromatic rings. The number of hydrogen-bond acceptors (Lipinski definition) is 4. The van der Waals surface area contributed by atoms with Crippen molar-refractivity contribution in [3.8, 4) is 5.75 Å². The Morgan fingerprint density at radius 2 is 1.57 bits per heavy atom. The van der Waals surface area contributed by atoms with Gasteiger partial charge in [0.05, 0.1) is 6.54 Å². The molecular weight excluding hydrogens is 391 g/mol. The summed E-state index contributed by atoms with van der Waals surface area (Å²) in [7, 11) is 0. The molecule has 0 aromatic heterocycles. The fourth-order valence-electron chi connectivity index (χ4n) is 3.29. The van der Waals surface area contributed by atoms with Crippen molar-refractivity contribution in [3.63, 3.8) is 0 Å².